The predicted octanol–water partition coefficient (Wildman–Crippen LogP) is 8.55. The molecule has 0 aromatic heterocycles. The Morgan fingerprint density at radius 1 is 0.468 bits per heavy atom. The number of nitrogens with zero attached hydrogens (tertiary/aromatic N) is 4. The molecule has 0 N–H and O–H groups in total. The highest BCUT2D eigenvalue weighted by molar-refractivity contribution is 5.75. The minimum Gasteiger partial charge on any atom is -0.455 e. The van der Waals surface area contributed by atoms with E-state index < -0.39 is 28.9 Å². The summed E-state index contributed by atoms with van der Waals surface area (Å²) in [5, 5.41) is 0. The fourth-order valence-corrected chi connectivity index (χ4v) is 4.56. The Morgan fingerprint density at radius 2 is 0.809 bits per heavy atom. The predicted molar refractivity (Wildman–Crippen MR) is 150 cm³/mol. The number of para-hydroxylation sites is 2. The van der Waals surface area contributed by atoms with Gasteiger partial charge in [-0.25, -0.2) is 19.2 Å². The van der Waals surface area contributed by atoms with Gasteiger partial charge in [-0.2, -0.15) is 46.3 Å². The van der Waals surface area contributed by atoms with E-state index in [-0.39, 0.29) is 45.7 Å². The Labute approximate surface area is 259 Å². The first-order valence-corrected chi connectivity index (χ1v) is 12.7. The summed E-state index contributed by atoms with van der Waals surface area (Å²) >= 11 is 0. The first-order chi connectivity index (χ1) is 22.4. The molecule has 0 atom stereocenters. The molecule has 0 aliphatic rings. The van der Waals surface area contributed by atoms with Crippen LogP contribution in [0.15, 0.2) is 105 Å². The summed E-state index contributed by atoms with van der Waals surface area (Å²) < 4.78 is 99.1. The van der Waals surface area contributed by atoms with Crippen molar-refractivity contribution in [2.45, 2.75) is 17.8 Å². The first-order valence-electron chi connectivity index (χ1n) is 12.7. The van der Waals surface area contributed by atoms with E-state index in [2.05, 4.69) is 20.0 Å². The lowest BCUT2D eigenvalue weighted by molar-refractivity contribution is -0.288. The van der Waals surface area contributed by atoms with Crippen LogP contribution in [-0.4, -0.2) is 36.7 Å². The zero-order valence-electron chi connectivity index (χ0n) is 23.1. The van der Waals surface area contributed by atoms with Gasteiger partial charge in [0.05, 0.1) is 0 Å². The van der Waals surface area contributed by atoms with Gasteiger partial charge in [0.2, 0.25) is 29.7 Å². The summed E-state index contributed by atoms with van der Waals surface area (Å²) in [6, 6.07) is 13.4. The molecule has 0 aliphatic heterocycles. The molecule has 16 heteroatoms. The minimum atomic E-state index is -5.92. The van der Waals surface area contributed by atoms with E-state index in [1.54, 1.807) is 0 Å². The van der Waals surface area contributed by atoms with Crippen molar-refractivity contribution in [3.05, 3.63) is 96.1 Å². The number of alkyl halides is 6. The van der Waals surface area contributed by atoms with Crippen molar-refractivity contribution in [3.8, 4) is 23.0 Å². The fraction of sp³-hybridized carbons (Fsp3) is 0.0968. The summed E-state index contributed by atoms with van der Waals surface area (Å²) in [4.78, 5) is 56.6. The molecule has 0 aliphatic carbocycles. The van der Waals surface area contributed by atoms with Crippen LogP contribution in [0.5, 0.6) is 23.0 Å². The molecule has 0 unspecified atom stereocenters. The molecule has 0 radical (unpaired) electrons. The van der Waals surface area contributed by atoms with Gasteiger partial charge in [-0.1, -0.05) is 36.4 Å². The third kappa shape index (κ3) is 6.66. The topological polar surface area (TPSA) is 136 Å². The summed E-state index contributed by atoms with van der Waals surface area (Å²) in [5.74, 6) is -0.923. The van der Waals surface area contributed by atoms with E-state index in [1.165, 1.54) is 60.7 Å². The Morgan fingerprint density at radius 3 is 1.11 bits per heavy atom. The van der Waals surface area contributed by atoms with Crippen molar-refractivity contribution in [2.75, 3.05) is 0 Å². The van der Waals surface area contributed by atoms with Crippen LogP contribution in [0, 0.1) is 0 Å². The second kappa shape index (κ2) is 13.7. The van der Waals surface area contributed by atoms with Crippen LogP contribution in [-0.2, 0) is 24.6 Å². The lowest BCUT2D eigenvalue weighted by atomic mass is 9.73. The molecule has 4 aromatic rings. The maximum absolute atomic E-state index is 14.7. The Hall–Kier alpha value is -6.42. The zero-order valence-corrected chi connectivity index (χ0v) is 23.1. The van der Waals surface area contributed by atoms with Crippen LogP contribution in [0.4, 0.5) is 49.1 Å². The Balaban J connectivity index is 1.77. The van der Waals surface area contributed by atoms with Gasteiger partial charge in [0, 0.05) is 0 Å². The van der Waals surface area contributed by atoms with E-state index in [4.69, 9.17) is 9.47 Å². The van der Waals surface area contributed by atoms with Crippen molar-refractivity contribution < 1.29 is 55.0 Å². The number of benzene rings is 4. The molecular weight excluding hydrogens is 638 g/mol. The van der Waals surface area contributed by atoms with Crippen molar-refractivity contribution in [3.63, 3.8) is 0 Å². The monoisotopic (exact) mass is 652 g/mol. The molecule has 0 spiro atoms. The molecular formula is C31H14F6N4O6. The Bertz CT molecular complexity index is 1840. The molecule has 0 fully saturated rings. The van der Waals surface area contributed by atoms with Crippen molar-refractivity contribution in [2.24, 2.45) is 20.0 Å². The summed E-state index contributed by atoms with van der Waals surface area (Å²) in [6.07, 6.45) is -6.89. The fourth-order valence-electron chi connectivity index (χ4n) is 4.56. The van der Waals surface area contributed by atoms with Crippen LogP contribution in [0.3, 0.4) is 0 Å². The van der Waals surface area contributed by atoms with Gasteiger partial charge in [-0.15, -0.1) is 0 Å². The number of hydrogen-bond acceptors (Lipinski definition) is 10. The van der Waals surface area contributed by atoms with Crippen LogP contribution < -0.4 is 9.47 Å². The molecule has 236 valence electrons. The van der Waals surface area contributed by atoms with E-state index >= 15 is 0 Å². The van der Waals surface area contributed by atoms with Crippen LogP contribution >= 0.6 is 0 Å². The van der Waals surface area contributed by atoms with Crippen molar-refractivity contribution >= 4 is 47.1 Å². The maximum atomic E-state index is 14.7. The average Bonchev–Trinajstić information content (AvgIpc) is 3.01. The van der Waals surface area contributed by atoms with E-state index in [0.29, 0.717) is 24.3 Å². The number of aliphatic imine (C=N–C) groups is 4. The van der Waals surface area contributed by atoms with Gasteiger partial charge in [0.25, 0.3) is 0 Å². The smallest absolute Gasteiger partial charge is 0.411 e. The Kier molecular flexibility index (Phi) is 9.76. The molecule has 0 bridgehead atoms. The van der Waals surface area contributed by atoms with Crippen LogP contribution in [0.1, 0.15) is 11.1 Å². The number of halogens is 6. The third-order valence-electron chi connectivity index (χ3n) is 6.48. The highest BCUT2D eigenvalue weighted by Crippen LogP contribution is 2.56. The lowest BCUT2D eigenvalue weighted by Crippen LogP contribution is -2.54. The largest absolute Gasteiger partial charge is 0.455 e. The van der Waals surface area contributed by atoms with E-state index in [0.717, 1.165) is 24.3 Å². The van der Waals surface area contributed by atoms with Gasteiger partial charge in [0.15, 0.2) is 11.5 Å². The number of hydrogen-bond donors (Lipinski definition) is 0. The van der Waals surface area contributed by atoms with Gasteiger partial charge in [-0.3, -0.25) is 0 Å². The van der Waals surface area contributed by atoms with Gasteiger partial charge >= 0.3 is 12.4 Å². The zero-order chi connectivity index (χ0) is 34.2. The SMILES string of the molecule is O=C=Nc1cccc(Oc2ccc(C(c3ccc(Oc4cccc(N=C=O)c4N=C=O)cc3)(C(F)(F)F)C(F)(F)F)cc2)c1N=C=O. The second-order valence-electron chi connectivity index (χ2n) is 9.06. The lowest BCUT2D eigenvalue weighted by Gasteiger charge is -2.38. The quantitative estimate of drug-likeness (QED) is 0.0957. The summed E-state index contributed by atoms with van der Waals surface area (Å²) in [5.41, 5.74) is -7.86. The molecule has 10 nitrogen and oxygen atoms in total. The molecule has 4 aromatic carbocycles. The molecule has 0 heterocycles. The standard InChI is InChI=1S/C31H14F6N4O6/c32-30(33,34)29(31(35,36)37,19-7-11-21(12-8-19)46-25-5-1-3-23(38-15-42)27(25)40-17-44)20-9-13-22(14-10-20)47-26-6-2-4-24(39-16-43)28(26)41-18-45/h1-14H. The molecule has 47 heavy (non-hydrogen) atoms. The molecule has 4 rings (SSSR count). The highest BCUT2D eigenvalue weighted by atomic mass is 19.4. The van der Waals surface area contributed by atoms with Crippen molar-refractivity contribution in [1.29, 1.82) is 0 Å². The summed E-state index contributed by atoms with van der Waals surface area (Å²) in [7, 11) is 0. The normalized spacial score (nSPS) is 11.2. The number of ether oxygens (including phenoxy) is 2. The van der Waals surface area contributed by atoms with Crippen LogP contribution in [0.25, 0.3) is 0 Å². The molecule has 0 saturated carbocycles. The number of carbonyl (C=O) groups excluding carboxylic acids is 4. The van der Waals surface area contributed by atoms with Gasteiger partial charge < -0.3 is 9.47 Å². The average molecular weight is 652 g/mol. The number of rotatable bonds is 10. The van der Waals surface area contributed by atoms with E-state index in [1.807, 2.05) is 0 Å². The van der Waals surface area contributed by atoms with Gasteiger partial charge in [-0.05, 0) is 59.7 Å². The number of isocyanates is 4. The molecule has 0 amide bonds. The summed E-state index contributed by atoms with van der Waals surface area (Å²) in [6.45, 7) is 0. The molecule has 0 saturated heterocycles. The maximum Gasteiger partial charge on any atom is 0.411 e. The van der Waals surface area contributed by atoms with E-state index in [9.17, 15) is 45.5 Å². The van der Waals surface area contributed by atoms with Gasteiger partial charge in [0.1, 0.15) is 34.2 Å². The first kappa shape index (κ1) is 33.5. The highest BCUT2D eigenvalue weighted by Gasteiger charge is 2.72. The third-order valence-corrected chi connectivity index (χ3v) is 6.48. The second-order valence-corrected chi connectivity index (χ2v) is 9.06. The van der Waals surface area contributed by atoms with Crippen LogP contribution in [0.2, 0.25) is 0 Å². The van der Waals surface area contributed by atoms with Crippen molar-refractivity contribution in [1.82, 2.24) is 0 Å². The minimum absolute atomic E-state index is 0.159.